The molecule has 0 saturated heterocycles. The van der Waals surface area contributed by atoms with E-state index in [1.807, 2.05) is 12.1 Å². The quantitative estimate of drug-likeness (QED) is 0.271. The first-order valence-electron chi connectivity index (χ1n) is 12.2. The van der Waals surface area contributed by atoms with Crippen LogP contribution in [0.5, 0.6) is 0 Å². The molecule has 6 rings (SSSR count). The predicted octanol–water partition coefficient (Wildman–Crippen LogP) is 5.61. The van der Waals surface area contributed by atoms with Crippen LogP contribution in [0, 0.1) is 0 Å². The maximum absolute atomic E-state index is 2.24. The number of imidazole rings is 2. The van der Waals surface area contributed by atoms with Crippen molar-refractivity contribution >= 4 is 0 Å². The highest BCUT2D eigenvalue weighted by Gasteiger charge is 2.15. The van der Waals surface area contributed by atoms with Crippen LogP contribution in [0.4, 0.5) is 0 Å². The Morgan fingerprint density at radius 3 is 1.28 bits per heavy atom. The zero-order valence-electron chi connectivity index (χ0n) is 20.1. The molecule has 2 heterocycles. The molecule has 0 amide bonds. The third-order valence-electron chi connectivity index (χ3n) is 6.52. The first-order chi connectivity index (χ1) is 17.8. The third kappa shape index (κ3) is 4.62. The van der Waals surface area contributed by atoms with Crippen molar-refractivity contribution in [2.75, 3.05) is 0 Å². The van der Waals surface area contributed by atoms with E-state index in [2.05, 4.69) is 153 Å². The van der Waals surface area contributed by atoms with Gasteiger partial charge in [-0.15, -0.1) is 0 Å². The average Bonchev–Trinajstić information content (AvgIpc) is 3.61. The van der Waals surface area contributed by atoms with Crippen molar-refractivity contribution in [1.29, 1.82) is 0 Å². The largest absolute Gasteiger partial charge is 0.249 e. The van der Waals surface area contributed by atoms with Crippen molar-refractivity contribution in [2.24, 2.45) is 0 Å². The number of aromatic nitrogens is 4. The average molecular weight is 469 g/mol. The number of nitrogens with zero attached hydrogens (tertiary/aromatic N) is 4. The van der Waals surface area contributed by atoms with Crippen LogP contribution >= 0.6 is 0 Å². The molecule has 0 aliphatic rings. The molecule has 0 fully saturated rings. The molecule has 0 aliphatic carbocycles. The Hall–Kier alpha value is -4.70. The number of hydrogen-bond donors (Lipinski definition) is 0. The van der Waals surface area contributed by atoms with Crippen molar-refractivity contribution < 1.29 is 9.13 Å². The highest BCUT2D eigenvalue weighted by Crippen LogP contribution is 2.27. The molecule has 6 aromatic rings. The Kier molecular flexibility index (Phi) is 5.99. The van der Waals surface area contributed by atoms with Crippen LogP contribution in [0.3, 0.4) is 0 Å². The molecule has 4 nitrogen and oxygen atoms in total. The van der Waals surface area contributed by atoms with E-state index in [0.29, 0.717) is 0 Å². The lowest BCUT2D eigenvalue weighted by Gasteiger charge is -2.12. The summed E-state index contributed by atoms with van der Waals surface area (Å²) in [7, 11) is 0. The van der Waals surface area contributed by atoms with Gasteiger partial charge in [0.15, 0.2) is 0 Å². The van der Waals surface area contributed by atoms with E-state index >= 15 is 0 Å². The molecular formula is C32H28N4+2. The molecule has 0 radical (unpaired) electrons. The van der Waals surface area contributed by atoms with Gasteiger partial charge >= 0.3 is 0 Å². The molecule has 4 heteroatoms. The molecule has 4 aromatic carbocycles. The summed E-state index contributed by atoms with van der Waals surface area (Å²) < 4.78 is 8.79. The van der Waals surface area contributed by atoms with Gasteiger partial charge in [0.2, 0.25) is 12.7 Å². The Balaban J connectivity index is 1.28. The Labute approximate surface area is 211 Å². The van der Waals surface area contributed by atoms with E-state index in [9.17, 15) is 0 Å². The minimum absolute atomic E-state index is 0.807. The summed E-state index contributed by atoms with van der Waals surface area (Å²) >= 11 is 0. The fourth-order valence-electron chi connectivity index (χ4n) is 4.72. The zero-order valence-corrected chi connectivity index (χ0v) is 20.1. The Bertz CT molecular complexity index is 1460. The summed E-state index contributed by atoms with van der Waals surface area (Å²) in [6.07, 6.45) is 12.8. The highest BCUT2D eigenvalue weighted by molar-refractivity contribution is 5.70. The van der Waals surface area contributed by atoms with Crippen LogP contribution in [-0.4, -0.2) is 9.13 Å². The molecule has 0 unspecified atom stereocenters. The van der Waals surface area contributed by atoms with Gasteiger partial charge in [-0.05, 0) is 35.4 Å². The van der Waals surface area contributed by atoms with Crippen molar-refractivity contribution in [3.8, 4) is 22.5 Å². The zero-order chi connectivity index (χ0) is 24.2. The standard InChI is InChI=1S/C32H28N4/c1-3-13-29(14-4-1)35-21-19-33(25-35)23-27-11-7-9-17-31(27)32-18-10-8-12-28(32)24-34-20-22-36(26-34)30-15-5-2-6-16-30/h1-22,25-26H,23-24H2/q+2. The molecule has 0 aliphatic heterocycles. The normalized spacial score (nSPS) is 11.0. The van der Waals surface area contributed by atoms with Gasteiger partial charge in [0.25, 0.3) is 0 Å². The van der Waals surface area contributed by atoms with Crippen LogP contribution in [0.1, 0.15) is 11.1 Å². The second-order valence-corrected chi connectivity index (χ2v) is 8.97. The summed E-state index contributed by atoms with van der Waals surface area (Å²) in [5, 5.41) is 0. The molecule has 174 valence electrons. The van der Waals surface area contributed by atoms with E-state index in [1.54, 1.807) is 0 Å². The Morgan fingerprint density at radius 2 is 0.833 bits per heavy atom. The maximum atomic E-state index is 2.24. The summed E-state index contributed by atoms with van der Waals surface area (Å²) in [6, 6.07) is 38.3. The second kappa shape index (κ2) is 9.88. The van der Waals surface area contributed by atoms with Crippen LogP contribution < -0.4 is 9.13 Å². The molecule has 0 atom stereocenters. The molecule has 2 aromatic heterocycles. The van der Waals surface area contributed by atoms with Crippen LogP contribution in [0.25, 0.3) is 22.5 Å². The van der Waals surface area contributed by atoms with E-state index in [4.69, 9.17) is 0 Å². The van der Waals surface area contributed by atoms with Gasteiger partial charge in [0.05, 0.1) is 0 Å². The minimum atomic E-state index is 0.807. The molecule has 0 N–H and O–H groups in total. The van der Waals surface area contributed by atoms with Crippen molar-refractivity contribution in [1.82, 2.24) is 9.13 Å². The van der Waals surface area contributed by atoms with Crippen molar-refractivity contribution in [3.63, 3.8) is 0 Å². The lowest BCUT2D eigenvalue weighted by molar-refractivity contribution is -0.687. The third-order valence-corrected chi connectivity index (χ3v) is 6.52. The fraction of sp³-hybridized carbons (Fsp3) is 0.0625. The van der Waals surface area contributed by atoms with Crippen molar-refractivity contribution in [3.05, 3.63) is 158 Å². The van der Waals surface area contributed by atoms with E-state index in [-0.39, 0.29) is 0 Å². The first-order valence-corrected chi connectivity index (χ1v) is 12.2. The van der Waals surface area contributed by atoms with Crippen LogP contribution in [0.15, 0.2) is 147 Å². The lowest BCUT2D eigenvalue weighted by atomic mass is 9.95. The van der Waals surface area contributed by atoms with E-state index in [0.717, 1.165) is 24.5 Å². The fourth-order valence-corrected chi connectivity index (χ4v) is 4.72. The van der Waals surface area contributed by atoms with E-state index < -0.39 is 0 Å². The van der Waals surface area contributed by atoms with Gasteiger partial charge in [-0.25, -0.2) is 18.3 Å². The van der Waals surface area contributed by atoms with Gasteiger partial charge in [-0.3, -0.25) is 0 Å². The number of rotatable bonds is 7. The molecule has 0 spiro atoms. The van der Waals surface area contributed by atoms with Gasteiger partial charge in [0, 0.05) is 11.1 Å². The summed E-state index contributed by atoms with van der Waals surface area (Å²) in [6.45, 7) is 1.61. The Morgan fingerprint density at radius 1 is 0.444 bits per heavy atom. The number of hydrogen-bond acceptors (Lipinski definition) is 0. The number of benzene rings is 4. The van der Waals surface area contributed by atoms with Gasteiger partial charge in [0.1, 0.15) is 49.3 Å². The van der Waals surface area contributed by atoms with Gasteiger partial charge < -0.3 is 0 Å². The summed E-state index contributed by atoms with van der Waals surface area (Å²) in [5.74, 6) is 0. The second-order valence-electron chi connectivity index (χ2n) is 8.97. The molecule has 0 bridgehead atoms. The van der Waals surface area contributed by atoms with Crippen LogP contribution in [-0.2, 0) is 13.1 Å². The highest BCUT2D eigenvalue weighted by atomic mass is 15.1. The molecular weight excluding hydrogens is 440 g/mol. The topological polar surface area (TPSA) is 17.6 Å². The van der Waals surface area contributed by atoms with E-state index in [1.165, 1.54) is 22.3 Å². The predicted molar refractivity (Wildman–Crippen MR) is 142 cm³/mol. The van der Waals surface area contributed by atoms with Gasteiger partial charge in [-0.2, -0.15) is 0 Å². The summed E-state index contributed by atoms with van der Waals surface area (Å²) in [4.78, 5) is 0. The smallest absolute Gasteiger partial charge is 0.232 e. The van der Waals surface area contributed by atoms with Gasteiger partial charge in [-0.1, -0.05) is 84.9 Å². The SMILES string of the molecule is c1ccc(-n2cc[n+](Cc3ccccc3-c3ccccc3C[n+]3ccn(-c4ccccc4)c3)c2)cc1. The molecule has 36 heavy (non-hydrogen) atoms. The number of para-hydroxylation sites is 2. The van der Waals surface area contributed by atoms with Crippen LogP contribution in [0.2, 0.25) is 0 Å². The first kappa shape index (κ1) is 21.8. The van der Waals surface area contributed by atoms with Crippen molar-refractivity contribution in [2.45, 2.75) is 13.1 Å². The monoisotopic (exact) mass is 468 g/mol. The maximum Gasteiger partial charge on any atom is 0.249 e. The summed E-state index contributed by atoms with van der Waals surface area (Å²) in [5.41, 5.74) is 7.47. The lowest BCUT2D eigenvalue weighted by Crippen LogP contribution is -2.32. The minimum Gasteiger partial charge on any atom is -0.232 e. The molecule has 0 saturated carbocycles.